The SMILES string of the molecule is Cc1cc(=O)c(O)c(C(=O)NCc2ccc(-c3ccccc3)cc2)[nH]1.Cc1cc(=O)c(OCc2ccccc2)c(C(=O)NCc2ccc(-c3ccccc3)cc2)[nH]1.Cc1cc(=O)c(OCc2ccccc2)c(C(=O)NCc2ccc(-c3ccccc3)cc2)o1. The van der Waals surface area contributed by atoms with Crippen molar-refractivity contribution in [3.05, 3.63) is 335 Å². The molecule has 0 unspecified atom stereocenters. The molecule has 15 nitrogen and oxygen atoms in total. The van der Waals surface area contributed by atoms with Gasteiger partial charge in [0.15, 0.2) is 22.9 Å². The Morgan fingerprint density at radius 2 is 0.708 bits per heavy atom. The maximum atomic E-state index is 12.9. The summed E-state index contributed by atoms with van der Waals surface area (Å²) < 4.78 is 17.0. The van der Waals surface area contributed by atoms with Gasteiger partial charge in [-0.3, -0.25) is 28.8 Å². The monoisotopic (exact) mass is 1180 g/mol. The van der Waals surface area contributed by atoms with E-state index in [4.69, 9.17) is 13.9 Å². The first-order valence-corrected chi connectivity index (χ1v) is 28.7. The van der Waals surface area contributed by atoms with E-state index in [1.807, 2.05) is 212 Å². The number of ether oxygens (including phenoxy) is 2. The van der Waals surface area contributed by atoms with Crippen LogP contribution >= 0.6 is 0 Å². The van der Waals surface area contributed by atoms with E-state index in [-0.39, 0.29) is 58.6 Å². The van der Waals surface area contributed by atoms with Crippen LogP contribution in [-0.2, 0) is 32.8 Å². The topological polar surface area (TPSA) is 222 Å². The van der Waals surface area contributed by atoms with E-state index in [0.717, 1.165) is 61.2 Å². The summed E-state index contributed by atoms with van der Waals surface area (Å²) in [4.78, 5) is 80.1. The number of aromatic nitrogens is 2. The van der Waals surface area contributed by atoms with Crippen LogP contribution in [0.3, 0.4) is 0 Å². The highest BCUT2D eigenvalue weighted by Crippen LogP contribution is 2.24. The van der Waals surface area contributed by atoms with Gasteiger partial charge in [-0.2, -0.15) is 0 Å². The lowest BCUT2D eigenvalue weighted by Gasteiger charge is -2.12. The number of pyridine rings is 2. The van der Waals surface area contributed by atoms with Gasteiger partial charge >= 0.3 is 0 Å². The Labute approximate surface area is 514 Å². The van der Waals surface area contributed by atoms with Gasteiger partial charge in [0.05, 0.1) is 0 Å². The molecule has 0 aliphatic heterocycles. The minimum Gasteiger partial charge on any atom is -0.503 e. The van der Waals surface area contributed by atoms with E-state index in [2.05, 4.69) is 38.1 Å². The molecule has 8 aromatic carbocycles. The van der Waals surface area contributed by atoms with Crippen LogP contribution in [0.5, 0.6) is 17.2 Å². The Balaban J connectivity index is 0.000000160. The molecular weight excluding hydrogens is 1120 g/mol. The molecule has 446 valence electrons. The molecule has 0 aliphatic carbocycles. The molecule has 89 heavy (non-hydrogen) atoms. The lowest BCUT2D eigenvalue weighted by molar-refractivity contribution is 0.0907. The molecule has 0 aliphatic rings. The van der Waals surface area contributed by atoms with Crippen molar-refractivity contribution >= 4 is 17.7 Å². The lowest BCUT2D eigenvalue weighted by Crippen LogP contribution is -2.27. The molecule has 6 N–H and O–H groups in total. The first-order valence-electron chi connectivity index (χ1n) is 28.7. The van der Waals surface area contributed by atoms with Crippen LogP contribution in [-0.4, -0.2) is 32.8 Å². The van der Waals surface area contributed by atoms with Crippen LogP contribution in [0, 0.1) is 20.8 Å². The molecule has 0 radical (unpaired) electrons. The number of benzene rings is 8. The van der Waals surface area contributed by atoms with Gasteiger partial charge in [-0.1, -0.05) is 224 Å². The zero-order valence-corrected chi connectivity index (χ0v) is 49.3. The summed E-state index contributed by atoms with van der Waals surface area (Å²) in [5.74, 6) is -1.81. The van der Waals surface area contributed by atoms with E-state index < -0.39 is 23.0 Å². The molecule has 11 rings (SSSR count). The minimum atomic E-state index is -0.575. The number of aryl methyl sites for hydroxylation is 3. The Kier molecular flexibility index (Phi) is 21.2. The van der Waals surface area contributed by atoms with Crippen LogP contribution in [0.2, 0.25) is 0 Å². The zero-order valence-electron chi connectivity index (χ0n) is 49.3. The number of carbonyl (C=O) groups is 3. The summed E-state index contributed by atoms with van der Waals surface area (Å²) in [5, 5.41) is 18.1. The van der Waals surface area contributed by atoms with Crippen molar-refractivity contribution in [3.8, 4) is 50.6 Å². The molecule has 0 saturated carbocycles. The average molecular weight is 1180 g/mol. The van der Waals surface area contributed by atoms with Crippen LogP contribution in [0.4, 0.5) is 0 Å². The van der Waals surface area contributed by atoms with Crippen LogP contribution in [0.1, 0.15) is 76.5 Å². The van der Waals surface area contributed by atoms with Gasteiger partial charge in [0.1, 0.15) is 19.0 Å². The highest BCUT2D eigenvalue weighted by Gasteiger charge is 2.22. The van der Waals surface area contributed by atoms with Gasteiger partial charge in [0, 0.05) is 49.2 Å². The fourth-order valence-corrected chi connectivity index (χ4v) is 9.31. The Bertz CT molecular complexity index is 4130. The normalized spacial score (nSPS) is 10.5. The molecule has 3 heterocycles. The average Bonchev–Trinajstić information content (AvgIpc) is 2.73. The second-order valence-corrected chi connectivity index (χ2v) is 20.7. The van der Waals surface area contributed by atoms with E-state index in [1.165, 1.54) is 18.2 Å². The number of aromatic hydroxyl groups is 1. The summed E-state index contributed by atoms with van der Waals surface area (Å²) in [6.45, 7) is 6.31. The maximum absolute atomic E-state index is 12.9. The van der Waals surface area contributed by atoms with E-state index in [0.29, 0.717) is 36.8 Å². The predicted octanol–water partition coefficient (Wildman–Crippen LogP) is 13.0. The number of rotatable bonds is 18. The third kappa shape index (κ3) is 17.5. The standard InChI is InChI=1S/C27H24N2O3.C27H23NO4.C20H18N2O3/c1-19-16-24(30)26(32-18-21-8-4-2-5-9-21)25(29-19)27(31)28-17-20-12-14-23(15-13-20)22-10-6-3-7-11-22;1-19-16-24(29)25(31-18-21-8-4-2-5-9-21)26(32-19)27(30)28-17-20-12-14-23(15-13-20)22-10-6-3-7-11-22;1-13-11-17(23)19(24)18(22-13)20(25)21-12-14-7-9-16(10-8-14)15-5-3-2-4-6-15/h2-16H,17-18H2,1H3,(H,28,31)(H,29,30);2-16H,17-18H2,1H3,(H,28,30);2-11,24H,12H2,1H3,(H,21,25)(H,22,23). The minimum absolute atomic E-state index is 0.0244. The molecule has 0 atom stereocenters. The number of amides is 3. The summed E-state index contributed by atoms with van der Waals surface area (Å²) in [5.41, 5.74) is 11.1. The van der Waals surface area contributed by atoms with E-state index in [1.54, 1.807) is 20.8 Å². The van der Waals surface area contributed by atoms with Crippen molar-refractivity contribution in [2.24, 2.45) is 0 Å². The molecule has 0 bridgehead atoms. The van der Waals surface area contributed by atoms with Crippen LogP contribution in [0.25, 0.3) is 33.4 Å². The van der Waals surface area contributed by atoms with Crippen LogP contribution < -0.4 is 41.7 Å². The number of hydrogen-bond donors (Lipinski definition) is 6. The molecule has 11 aromatic rings. The molecular formula is C74H65N5O10. The molecule has 0 saturated heterocycles. The fourth-order valence-electron chi connectivity index (χ4n) is 9.31. The van der Waals surface area contributed by atoms with Crippen molar-refractivity contribution in [2.45, 2.75) is 53.6 Å². The fraction of sp³-hybridized carbons (Fsp3) is 0.108. The number of carbonyl (C=O) groups excluding carboxylic acids is 3. The molecule has 15 heteroatoms. The van der Waals surface area contributed by atoms with Gasteiger partial charge in [-0.25, -0.2) is 0 Å². The van der Waals surface area contributed by atoms with Crippen molar-refractivity contribution < 1.29 is 33.4 Å². The molecule has 3 amide bonds. The van der Waals surface area contributed by atoms with Crippen molar-refractivity contribution in [3.63, 3.8) is 0 Å². The first-order chi connectivity index (χ1) is 43.2. The Hall–Kier alpha value is -11.6. The van der Waals surface area contributed by atoms with Gasteiger partial charge in [-0.05, 0) is 82.0 Å². The Morgan fingerprint density at radius 3 is 1.12 bits per heavy atom. The summed E-state index contributed by atoms with van der Waals surface area (Å²) in [6, 6.07) is 76.9. The molecule has 3 aromatic heterocycles. The smallest absolute Gasteiger partial charge is 0.291 e. The second-order valence-electron chi connectivity index (χ2n) is 20.7. The van der Waals surface area contributed by atoms with E-state index in [9.17, 15) is 33.9 Å². The number of H-pyrrole nitrogens is 2. The van der Waals surface area contributed by atoms with Crippen LogP contribution in [0.15, 0.2) is 261 Å². The number of aromatic amines is 2. The number of nitrogens with one attached hydrogen (secondary N) is 5. The van der Waals surface area contributed by atoms with Gasteiger partial charge in [0.25, 0.3) is 17.7 Å². The highest BCUT2D eigenvalue weighted by molar-refractivity contribution is 5.96. The zero-order chi connectivity index (χ0) is 62.5. The summed E-state index contributed by atoms with van der Waals surface area (Å²) >= 11 is 0. The Morgan fingerprint density at radius 1 is 0.382 bits per heavy atom. The molecule has 0 spiro atoms. The van der Waals surface area contributed by atoms with Gasteiger partial charge in [-0.15, -0.1) is 0 Å². The van der Waals surface area contributed by atoms with E-state index >= 15 is 0 Å². The third-order valence-corrected chi connectivity index (χ3v) is 13.9. The van der Waals surface area contributed by atoms with Gasteiger partial charge in [0.2, 0.25) is 27.8 Å². The van der Waals surface area contributed by atoms with Crippen molar-refractivity contribution in [1.29, 1.82) is 0 Å². The predicted molar refractivity (Wildman–Crippen MR) is 346 cm³/mol. The second kappa shape index (κ2) is 30.5. The van der Waals surface area contributed by atoms with Crippen molar-refractivity contribution in [2.75, 3.05) is 0 Å². The van der Waals surface area contributed by atoms with Gasteiger partial charge < -0.3 is 44.9 Å². The quantitative estimate of drug-likeness (QED) is 0.0477. The lowest BCUT2D eigenvalue weighted by atomic mass is 10.0. The summed E-state index contributed by atoms with van der Waals surface area (Å²) in [6.07, 6.45) is 0. The van der Waals surface area contributed by atoms with Crippen molar-refractivity contribution in [1.82, 2.24) is 25.9 Å². The third-order valence-electron chi connectivity index (χ3n) is 13.9. The number of hydrogen-bond acceptors (Lipinski definition) is 10. The largest absolute Gasteiger partial charge is 0.503 e. The first kappa shape index (κ1) is 62.0. The molecule has 0 fully saturated rings. The maximum Gasteiger partial charge on any atom is 0.291 e. The highest BCUT2D eigenvalue weighted by atomic mass is 16.5. The summed E-state index contributed by atoms with van der Waals surface area (Å²) in [7, 11) is 0.